The predicted molar refractivity (Wildman–Crippen MR) is 48.8 cm³/mol. The van der Waals surface area contributed by atoms with Gasteiger partial charge in [0.25, 0.3) is 0 Å². The number of nitrogens with two attached hydrogens (primary N) is 1. The minimum Gasteiger partial charge on any atom is -0.384 e. The molecule has 0 unspecified atom stereocenters. The topological polar surface area (TPSA) is 48.1 Å². The standard InChI is InChI=1S/C5H6N2.CH3ClO.ClH/c6-5-3-1-2-4-7-5;1-3-2;/h1-4H,(H2,6,7);1H3;1H. The second-order valence-electron chi connectivity index (χ2n) is 1.41. The van der Waals surface area contributed by atoms with Crippen molar-refractivity contribution in [1.29, 1.82) is 0 Å². The monoisotopic (exact) mass is 196 g/mol. The van der Waals surface area contributed by atoms with Crippen LogP contribution in [0.15, 0.2) is 24.4 Å². The highest BCUT2D eigenvalue weighted by Gasteiger charge is 1.73. The lowest BCUT2D eigenvalue weighted by molar-refractivity contribution is 0.463. The Kier molecular flexibility index (Phi) is 11.3. The molecule has 0 atom stereocenters. The maximum absolute atomic E-state index is 5.25. The SMILES string of the molecule is COCl.Cl.Nc1ccccn1. The molecule has 0 radical (unpaired) electrons. The fourth-order valence-corrected chi connectivity index (χ4v) is 0.376. The third kappa shape index (κ3) is 9.49. The number of halogens is 2. The van der Waals surface area contributed by atoms with Gasteiger partial charge >= 0.3 is 0 Å². The molecule has 0 spiro atoms. The summed E-state index contributed by atoms with van der Waals surface area (Å²) in [5.74, 6) is 0.572. The minimum absolute atomic E-state index is 0. The predicted octanol–water partition coefficient (Wildman–Crippen LogP) is 1.87. The van der Waals surface area contributed by atoms with Gasteiger partial charge in [-0.15, -0.1) is 12.4 Å². The summed E-state index contributed by atoms with van der Waals surface area (Å²) in [6.45, 7) is 0. The first-order valence-electron chi connectivity index (χ1n) is 2.62. The van der Waals surface area contributed by atoms with Crippen LogP contribution in [-0.4, -0.2) is 12.1 Å². The van der Waals surface area contributed by atoms with Gasteiger partial charge in [-0.05, 0) is 12.1 Å². The molecule has 3 nitrogen and oxygen atoms in total. The summed E-state index contributed by atoms with van der Waals surface area (Å²) in [5.41, 5.74) is 5.25. The van der Waals surface area contributed by atoms with Crippen LogP contribution in [0.2, 0.25) is 0 Å². The van der Waals surface area contributed by atoms with Crippen LogP contribution in [0.5, 0.6) is 0 Å². The Bertz CT molecular complexity index is 160. The summed E-state index contributed by atoms with van der Waals surface area (Å²) in [6.07, 6.45) is 1.66. The highest BCUT2D eigenvalue weighted by molar-refractivity contribution is 6.07. The van der Waals surface area contributed by atoms with E-state index >= 15 is 0 Å². The van der Waals surface area contributed by atoms with Gasteiger partial charge < -0.3 is 5.73 Å². The largest absolute Gasteiger partial charge is 0.384 e. The van der Waals surface area contributed by atoms with E-state index in [-0.39, 0.29) is 12.4 Å². The number of anilines is 1. The summed E-state index contributed by atoms with van der Waals surface area (Å²) < 4.78 is 3.72. The Balaban J connectivity index is 0. The third-order valence-electron chi connectivity index (χ3n) is 0.688. The molecule has 11 heavy (non-hydrogen) atoms. The number of nitrogens with zero attached hydrogens (tertiary/aromatic N) is 1. The van der Waals surface area contributed by atoms with Crippen LogP contribution in [0, 0.1) is 0 Å². The second kappa shape index (κ2) is 9.49. The Morgan fingerprint density at radius 1 is 1.55 bits per heavy atom. The van der Waals surface area contributed by atoms with Crippen molar-refractivity contribution in [2.75, 3.05) is 12.8 Å². The molecule has 0 bridgehead atoms. The lowest BCUT2D eigenvalue weighted by atomic mass is 10.5. The molecule has 0 saturated heterocycles. The molecule has 1 aromatic rings. The molecule has 1 heterocycles. The fourth-order valence-electron chi connectivity index (χ4n) is 0.376. The van der Waals surface area contributed by atoms with E-state index in [0.717, 1.165) is 0 Å². The summed E-state index contributed by atoms with van der Waals surface area (Å²) >= 11 is 4.50. The molecule has 0 fully saturated rings. The van der Waals surface area contributed by atoms with E-state index in [1.165, 1.54) is 7.11 Å². The first-order chi connectivity index (χ1) is 4.81. The van der Waals surface area contributed by atoms with E-state index in [0.29, 0.717) is 5.82 Å². The van der Waals surface area contributed by atoms with Gasteiger partial charge in [0.1, 0.15) is 5.82 Å². The maximum Gasteiger partial charge on any atom is 0.123 e. The normalized spacial score (nSPS) is 7.09. The molecule has 5 heteroatoms. The van der Waals surface area contributed by atoms with Crippen molar-refractivity contribution in [3.8, 4) is 0 Å². The highest BCUT2D eigenvalue weighted by Crippen LogP contribution is 1.89. The van der Waals surface area contributed by atoms with Gasteiger partial charge in [0.05, 0.1) is 19.0 Å². The molecule has 0 aliphatic rings. The smallest absolute Gasteiger partial charge is 0.123 e. The van der Waals surface area contributed by atoms with Gasteiger partial charge in [-0.1, -0.05) is 6.07 Å². The van der Waals surface area contributed by atoms with Gasteiger partial charge in [-0.2, -0.15) is 0 Å². The first kappa shape index (κ1) is 13.1. The number of pyridine rings is 1. The van der Waals surface area contributed by atoms with E-state index in [2.05, 4.69) is 21.1 Å². The first-order valence-corrected chi connectivity index (χ1v) is 2.93. The van der Waals surface area contributed by atoms with Crippen molar-refractivity contribution in [3.63, 3.8) is 0 Å². The molecule has 2 N–H and O–H groups in total. The van der Waals surface area contributed by atoms with Gasteiger partial charge in [0.2, 0.25) is 0 Å². The van der Waals surface area contributed by atoms with Gasteiger partial charge in [-0.3, -0.25) is 4.29 Å². The number of hydrogen-bond acceptors (Lipinski definition) is 3. The van der Waals surface area contributed by atoms with Gasteiger partial charge in [-0.25, -0.2) is 4.98 Å². The molecule has 1 rings (SSSR count). The number of rotatable bonds is 0. The molecule has 0 amide bonds. The average molecular weight is 197 g/mol. The van der Waals surface area contributed by atoms with Crippen LogP contribution >= 0.6 is 24.3 Å². The molecular formula is C6H10Cl2N2O. The van der Waals surface area contributed by atoms with Crippen molar-refractivity contribution in [2.45, 2.75) is 0 Å². The molecule has 64 valence electrons. The van der Waals surface area contributed by atoms with E-state index in [1.807, 2.05) is 12.1 Å². The van der Waals surface area contributed by atoms with Crippen LogP contribution in [0.1, 0.15) is 0 Å². The Hall–Kier alpha value is -0.510. The third-order valence-corrected chi connectivity index (χ3v) is 0.688. The number of hydrogen-bond donors (Lipinski definition) is 1. The van der Waals surface area contributed by atoms with Crippen molar-refractivity contribution < 1.29 is 4.29 Å². The van der Waals surface area contributed by atoms with E-state index in [9.17, 15) is 0 Å². The number of nitrogen functional groups attached to an aromatic ring is 1. The fraction of sp³-hybridized carbons (Fsp3) is 0.167. The maximum atomic E-state index is 5.25. The molecular weight excluding hydrogens is 187 g/mol. The van der Waals surface area contributed by atoms with Gasteiger partial charge in [0.15, 0.2) is 0 Å². The summed E-state index contributed by atoms with van der Waals surface area (Å²) in [6, 6.07) is 5.43. The van der Waals surface area contributed by atoms with E-state index in [1.54, 1.807) is 12.3 Å². The summed E-state index contributed by atoms with van der Waals surface area (Å²) in [7, 11) is 1.39. The Morgan fingerprint density at radius 2 is 2.09 bits per heavy atom. The van der Waals surface area contributed by atoms with Crippen LogP contribution in [0.3, 0.4) is 0 Å². The highest BCUT2D eigenvalue weighted by atomic mass is 35.5. The lowest BCUT2D eigenvalue weighted by Crippen LogP contribution is -1.85. The molecule has 0 aromatic carbocycles. The number of aromatic nitrogens is 1. The molecule has 0 aliphatic heterocycles. The molecule has 1 aromatic heterocycles. The molecule has 0 aliphatic carbocycles. The van der Waals surface area contributed by atoms with Crippen molar-refractivity contribution in [3.05, 3.63) is 24.4 Å². The second-order valence-corrected chi connectivity index (χ2v) is 1.72. The van der Waals surface area contributed by atoms with Crippen molar-refractivity contribution >= 4 is 30.1 Å². The zero-order chi connectivity index (χ0) is 7.82. The van der Waals surface area contributed by atoms with Crippen molar-refractivity contribution in [2.24, 2.45) is 0 Å². The van der Waals surface area contributed by atoms with Crippen molar-refractivity contribution in [1.82, 2.24) is 4.98 Å². The summed E-state index contributed by atoms with van der Waals surface area (Å²) in [4.78, 5) is 3.76. The summed E-state index contributed by atoms with van der Waals surface area (Å²) in [5, 5.41) is 0. The zero-order valence-electron chi connectivity index (χ0n) is 6.03. The van der Waals surface area contributed by atoms with E-state index in [4.69, 9.17) is 5.73 Å². The lowest BCUT2D eigenvalue weighted by Gasteiger charge is -1.82. The quantitative estimate of drug-likeness (QED) is 0.690. The molecule has 0 saturated carbocycles. The van der Waals surface area contributed by atoms with Crippen LogP contribution < -0.4 is 5.73 Å². The van der Waals surface area contributed by atoms with Crippen LogP contribution in [0.25, 0.3) is 0 Å². The Morgan fingerprint density at radius 3 is 2.27 bits per heavy atom. The van der Waals surface area contributed by atoms with Gasteiger partial charge in [0, 0.05) is 6.20 Å². The Labute approximate surface area is 77.1 Å². The minimum atomic E-state index is 0. The zero-order valence-corrected chi connectivity index (χ0v) is 7.60. The average Bonchev–Trinajstić information content (AvgIpc) is 1.91. The van der Waals surface area contributed by atoms with Crippen LogP contribution in [0.4, 0.5) is 5.82 Å². The van der Waals surface area contributed by atoms with E-state index < -0.39 is 0 Å². The van der Waals surface area contributed by atoms with Crippen LogP contribution in [-0.2, 0) is 4.29 Å².